The van der Waals surface area contributed by atoms with E-state index >= 15 is 0 Å². The molecule has 0 aliphatic carbocycles. The largest absolute Gasteiger partial charge is 0.325 e. The summed E-state index contributed by atoms with van der Waals surface area (Å²) in [4.78, 5) is 12.5. The molecule has 0 spiro atoms. The van der Waals surface area contributed by atoms with Crippen LogP contribution in [-0.4, -0.2) is 26.4 Å². The van der Waals surface area contributed by atoms with E-state index < -0.39 is 0 Å². The lowest BCUT2D eigenvalue weighted by atomic mass is 10.1. The molecule has 150 valence electrons. The van der Waals surface area contributed by atoms with Crippen LogP contribution in [0.25, 0.3) is 11.4 Å². The van der Waals surface area contributed by atoms with Gasteiger partial charge in [-0.05, 0) is 44.0 Å². The van der Waals surface area contributed by atoms with Crippen LogP contribution in [0.1, 0.15) is 16.7 Å². The van der Waals surface area contributed by atoms with Crippen molar-refractivity contribution in [2.24, 2.45) is 0 Å². The number of aromatic nitrogens is 3. The van der Waals surface area contributed by atoms with Gasteiger partial charge in [-0.1, -0.05) is 63.6 Å². The highest BCUT2D eigenvalue weighted by Crippen LogP contribution is 2.26. The highest BCUT2D eigenvalue weighted by molar-refractivity contribution is 9.10. The van der Waals surface area contributed by atoms with Crippen LogP contribution in [-0.2, 0) is 11.3 Å². The van der Waals surface area contributed by atoms with E-state index in [2.05, 4.69) is 57.1 Å². The summed E-state index contributed by atoms with van der Waals surface area (Å²) in [6.45, 7) is 10.5. The molecule has 2 aromatic carbocycles. The van der Waals surface area contributed by atoms with Crippen LogP contribution in [0.15, 0.2) is 58.7 Å². The lowest BCUT2D eigenvalue weighted by Gasteiger charge is -2.13. The van der Waals surface area contributed by atoms with Crippen molar-refractivity contribution in [3.63, 3.8) is 0 Å². The van der Waals surface area contributed by atoms with Crippen LogP contribution in [0, 0.1) is 20.8 Å². The van der Waals surface area contributed by atoms with Gasteiger partial charge in [-0.2, -0.15) is 0 Å². The second-order valence-electron chi connectivity index (χ2n) is 6.82. The van der Waals surface area contributed by atoms with Crippen molar-refractivity contribution in [2.45, 2.75) is 32.5 Å². The molecule has 0 atom stereocenters. The number of nitrogens with one attached hydrogen (secondary N) is 1. The molecule has 1 aromatic heterocycles. The van der Waals surface area contributed by atoms with Gasteiger partial charge in [-0.3, -0.25) is 9.36 Å². The molecule has 0 bridgehead atoms. The van der Waals surface area contributed by atoms with Gasteiger partial charge in [0.1, 0.15) is 0 Å². The standard InChI is InChI=1S/C22H23BrN4OS/c1-5-10-27-21(17-6-8-18(23)9-7-17)25-26-22(27)29-13-19(28)24-20-15(3)11-14(2)12-16(20)4/h5-9,11-12H,1,10,13H2,2-4H3,(H,24,28). The zero-order chi connectivity index (χ0) is 21.0. The number of thioether (sulfide) groups is 1. The van der Waals surface area contributed by atoms with Crippen LogP contribution in [0.3, 0.4) is 0 Å². The number of carbonyl (C=O) groups is 1. The molecule has 1 amide bonds. The summed E-state index contributed by atoms with van der Waals surface area (Å²) in [6, 6.07) is 12.0. The molecule has 3 rings (SSSR count). The number of anilines is 1. The zero-order valence-corrected chi connectivity index (χ0v) is 19.1. The van der Waals surface area contributed by atoms with E-state index in [1.165, 1.54) is 17.3 Å². The summed E-state index contributed by atoms with van der Waals surface area (Å²) in [7, 11) is 0. The van der Waals surface area contributed by atoms with E-state index in [0.717, 1.165) is 32.7 Å². The molecule has 1 N–H and O–H groups in total. The summed E-state index contributed by atoms with van der Waals surface area (Å²) in [5.74, 6) is 0.941. The third-order valence-electron chi connectivity index (χ3n) is 4.40. The fourth-order valence-corrected chi connectivity index (χ4v) is 4.20. The molecule has 0 unspecified atom stereocenters. The van der Waals surface area contributed by atoms with E-state index in [-0.39, 0.29) is 11.7 Å². The number of amides is 1. The number of allylic oxidation sites excluding steroid dienone is 1. The van der Waals surface area contributed by atoms with Gasteiger partial charge in [0.05, 0.1) is 5.75 Å². The Balaban J connectivity index is 1.74. The van der Waals surface area contributed by atoms with Crippen LogP contribution in [0.4, 0.5) is 5.69 Å². The second kappa shape index (κ2) is 9.41. The van der Waals surface area contributed by atoms with Gasteiger partial charge in [-0.25, -0.2) is 0 Å². The van der Waals surface area contributed by atoms with Gasteiger partial charge in [0.25, 0.3) is 0 Å². The Morgan fingerprint density at radius 1 is 1.17 bits per heavy atom. The molecule has 1 heterocycles. The molecule has 0 saturated carbocycles. The van der Waals surface area contributed by atoms with E-state index in [1.807, 2.05) is 42.7 Å². The van der Waals surface area contributed by atoms with Crippen LogP contribution in [0.2, 0.25) is 0 Å². The maximum Gasteiger partial charge on any atom is 0.234 e. The van der Waals surface area contributed by atoms with Crippen molar-refractivity contribution in [3.05, 3.63) is 70.2 Å². The molecular formula is C22H23BrN4OS. The highest BCUT2D eigenvalue weighted by Gasteiger charge is 2.16. The summed E-state index contributed by atoms with van der Waals surface area (Å²) >= 11 is 4.81. The number of aryl methyl sites for hydroxylation is 3. The lowest BCUT2D eigenvalue weighted by molar-refractivity contribution is -0.113. The number of benzene rings is 2. The average molecular weight is 471 g/mol. The molecule has 0 aliphatic heterocycles. The molecule has 0 aliphatic rings. The summed E-state index contributed by atoms with van der Waals surface area (Å²) in [5, 5.41) is 12.3. The molecular weight excluding hydrogens is 448 g/mol. The monoisotopic (exact) mass is 470 g/mol. The van der Waals surface area contributed by atoms with Crippen molar-refractivity contribution < 1.29 is 4.79 Å². The topological polar surface area (TPSA) is 59.8 Å². The molecule has 3 aromatic rings. The van der Waals surface area contributed by atoms with Gasteiger partial charge in [0.2, 0.25) is 5.91 Å². The van der Waals surface area contributed by atoms with E-state index in [1.54, 1.807) is 6.08 Å². The number of nitrogens with zero attached hydrogens (tertiary/aromatic N) is 3. The van der Waals surface area contributed by atoms with Crippen LogP contribution >= 0.6 is 27.7 Å². The Bertz CT molecular complexity index is 1020. The Kier molecular flexibility index (Phi) is 6.92. The predicted octanol–water partition coefficient (Wildman–Crippen LogP) is 5.55. The van der Waals surface area contributed by atoms with Crippen LogP contribution in [0.5, 0.6) is 0 Å². The maximum atomic E-state index is 12.5. The van der Waals surface area contributed by atoms with Gasteiger partial charge < -0.3 is 5.32 Å². The normalized spacial score (nSPS) is 10.8. The fraction of sp³-hybridized carbons (Fsp3) is 0.227. The summed E-state index contributed by atoms with van der Waals surface area (Å²) in [5.41, 5.74) is 5.15. The highest BCUT2D eigenvalue weighted by atomic mass is 79.9. The summed E-state index contributed by atoms with van der Waals surface area (Å²) < 4.78 is 2.97. The maximum absolute atomic E-state index is 12.5. The Labute approximate surface area is 183 Å². The first-order valence-corrected chi connectivity index (χ1v) is 11.0. The SMILES string of the molecule is C=CCn1c(SCC(=O)Nc2c(C)cc(C)cc2C)nnc1-c1ccc(Br)cc1. The number of hydrogen-bond acceptors (Lipinski definition) is 4. The first-order valence-electron chi connectivity index (χ1n) is 9.19. The smallest absolute Gasteiger partial charge is 0.234 e. The van der Waals surface area contributed by atoms with E-state index in [9.17, 15) is 4.79 Å². The second-order valence-corrected chi connectivity index (χ2v) is 8.68. The van der Waals surface area contributed by atoms with Crippen molar-refractivity contribution in [1.29, 1.82) is 0 Å². The predicted molar refractivity (Wildman–Crippen MR) is 123 cm³/mol. The number of hydrogen-bond donors (Lipinski definition) is 1. The first kappa shape index (κ1) is 21.3. The lowest BCUT2D eigenvalue weighted by Crippen LogP contribution is -2.16. The van der Waals surface area contributed by atoms with Crippen molar-refractivity contribution in [2.75, 3.05) is 11.1 Å². The minimum atomic E-state index is -0.0663. The quantitative estimate of drug-likeness (QED) is 0.363. The molecule has 29 heavy (non-hydrogen) atoms. The van der Waals surface area contributed by atoms with Gasteiger partial charge >= 0.3 is 0 Å². The molecule has 0 fully saturated rings. The average Bonchev–Trinajstić information content (AvgIpc) is 3.06. The third-order valence-corrected chi connectivity index (χ3v) is 5.90. The van der Waals surface area contributed by atoms with Gasteiger partial charge in [-0.15, -0.1) is 16.8 Å². The number of halogens is 1. The molecule has 0 radical (unpaired) electrons. The van der Waals surface area contributed by atoms with E-state index in [0.29, 0.717) is 11.7 Å². The zero-order valence-electron chi connectivity index (χ0n) is 16.7. The Hall–Kier alpha value is -2.38. The molecule has 7 heteroatoms. The number of carbonyl (C=O) groups excluding carboxylic acids is 1. The third kappa shape index (κ3) is 5.16. The van der Waals surface area contributed by atoms with Crippen molar-refractivity contribution >= 4 is 39.3 Å². The fourth-order valence-electron chi connectivity index (χ4n) is 3.18. The van der Waals surface area contributed by atoms with E-state index in [4.69, 9.17) is 0 Å². The Morgan fingerprint density at radius 2 is 1.83 bits per heavy atom. The van der Waals surface area contributed by atoms with Gasteiger partial charge in [0, 0.05) is 22.3 Å². The molecule has 5 nitrogen and oxygen atoms in total. The number of rotatable bonds is 7. The minimum Gasteiger partial charge on any atom is -0.325 e. The van der Waals surface area contributed by atoms with Crippen molar-refractivity contribution in [3.8, 4) is 11.4 Å². The minimum absolute atomic E-state index is 0.0663. The van der Waals surface area contributed by atoms with Gasteiger partial charge in [0.15, 0.2) is 11.0 Å². The van der Waals surface area contributed by atoms with Crippen molar-refractivity contribution in [1.82, 2.24) is 14.8 Å². The van der Waals surface area contributed by atoms with Crippen LogP contribution < -0.4 is 5.32 Å². The first-order chi connectivity index (χ1) is 13.9. The molecule has 0 saturated heterocycles. The summed E-state index contributed by atoms with van der Waals surface area (Å²) in [6.07, 6.45) is 1.80. The Morgan fingerprint density at radius 3 is 2.45 bits per heavy atom.